The van der Waals surface area contributed by atoms with Gasteiger partial charge in [0.1, 0.15) is 17.1 Å². The summed E-state index contributed by atoms with van der Waals surface area (Å²) in [5.41, 5.74) is 1.11. The van der Waals surface area contributed by atoms with Crippen LogP contribution in [0.5, 0.6) is 17.2 Å². The number of amidine groups is 1. The molecule has 0 amide bonds. The Bertz CT molecular complexity index is 1150. The quantitative estimate of drug-likeness (QED) is 0.205. The lowest BCUT2D eigenvalue weighted by Gasteiger charge is -2.18. The topological polar surface area (TPSA) is 98.2 Å². The van der Waals surface area contributed by atoms with E-state index in [0.717, 1.165) is 19.3 Å². The van der Waals surface area contributed by atoms with Gasteiger partial charge in [0.15, 0.2) is 23.1 Å². The Balaban J connectivity index is 1.83. The van der Waals surface area contributed by atoms with Crippen molar-refractivity contribution in [1.29, 1.82) is 5.41 Å². The van der Waals surface area contributed by atoms with Gasteiger partial charge in [-0.2, -0.15) is 0 Å². The van der Waals surface area contributed by atoms with Crippen LogP contribution in [0.3, 0.4) is 0 Å². The second-order valence-corrected chi connectivity index (χ2v) is 8.59. The fourth-order valence-electron chi connectivity index (χ4n) is 4.01. The number of nitrogens with one attached hydrogen (secondary N) is 1. The summed E-state index contributed by atoms with van der Waals surface area (Å²) in [5.74, 6) is -1.05. The number of nitrogens with zero attached hydrogens (tertiary/aromatic N) is 1. The summed E-state index contributed by atoms with van der Waals surface area (Å²) >= 11 is 0. The van der Waals surface area contributed by atoms with Crippen LogP contribution in [0.2, 0.25) is 0 Å². The molecule has 2 aromatic carbocycles. The normalized spacial score (nSPS) is 12.4. The van der Waals surface area contributed by atoms with E-state index in [1.54, 1.807) is 32.0 Å². The largest absolute Gasteiger partial charge is 0.493 e. The number of unbranched alkanes of at least 4 members (excludes halogenated alkanes) is 1. The van der Waals surface area contributed by atoms with E-state index in [1.165, 1.54) is 11.0 Å². The predicted molar refractivity (Wildman–Crippen MR) is 138 cm³/mol. The molecule has 0 radical (unpaired) electrons. The molecule has 1 heterocycles. The lowest BCUT2D eigenvalue weighted by molar-refractivity contribution is 0.0495. The van der Waals surface area contributed by atoms with Crippen molar-refractivity contribution in [2.75, 3.05) is 33.0 Å². The monoisotopic (exact) mass is 514 g/mol. The zero-order valence-corrected chi connectivity index (χ0v) is 21.9. The van der Waals surface area contributed by atoms with Crippen molar-refractivity contribution in [1.82, 2.24) is 4.90 Å². The van der Waals surface area contributed by atoms with Gasteiger partial charge in [-0.15, -0.1) is 0 Å². The van der Waals surface area contributed by atoms with E-state index in [-0.39, 0.29) is 66.1 Å². The number of halogens is 1. The minimum atomic E-state index is -0.669. The van der Waals surface area contributed by atoms with Crippen molar-refractivity contribution in [3.05, 3.63) is 52.3 Å². The number of ether oxygens (including phenoxy) is 4. The van der Waals surface area contributed by atoms with E-state index in [1.807, 2.05) is 13.8 Å². The molecule has 1 aliphatic heterocycles. The van der Waals surface area contributed by atoms with Crippen molar-refractivity contribution >= 4 is 17.6 Å². The number of fused-ring (bicyclic) bond motifs is 1. The molecule has 8 nitrogen and oxygen atoms in total. The van der Waals surface area contributed by atoms with Gasteiger partial charge in [0.05, 0.1) is 38.5 Å². The summed E-state index contributed by atoms with van der Waals surface area (Å²) < 4.78 is 37.4. The van der Waals surface area contributed by atoms with Crippen LogP contribution < -0.4 is 14.2 Å². The first-order valence-electron chi connectivity index (χ1n) is 12.8. The molecule has 200 valence electrons. The van der Waals surface area contributed by atoms with Gasteiger partial charge in [-0.3, -0.25) is 10.2 Å². The van der Waals surface area contributed by atoms with Gasteiger partial charge in [-0.1, -0.05) is 20.3 Å². The van der Waals surface area contributed by atoms with Crippen LogP contribution in [0.1, 0.15) is 78.8 Å². The minimum absolute atomic E-state index is 0.0325. The van der Waals surface area contributed by atoms with Crippen LogP contribution in [0.25, 0.3) is 0 Å². The third-order valence-electron chi connectivity index (χ3n) is 5.82. The standard InChI is InChI=1S/C28H35FN2O6/c1-5-9-13-37-28(33)20-14-18(10-11-22(20)36-12-6-2)21(32)17-31-16-19-15-23(34-7-3)26(35-8-4)25(29)24(19)27(31)30/h10-11,14-15,30H,5-9,12-13,16-17H2,1-4H3. The van der Waals surface area contributed by atoms with E-state index in [4.69, 9.17) is 24.4 Å². The molecule has 0 unspecified atom stereocenters. The van der Waals surface area contributed by atoms with Crippen LogP contribution >= 0.6 is 0 Å². The number of benzene rings is 2. The number of hydrogen-bond acceptors (Lipinski definition) is 7. The highest BCUT2D eigenvalue weighted by molar-refractivity contribution is 6.06. The second kappa shape index (κ2) is 13.1. The lowest BCUT2D eigenvalue weighted by atomic mass is 10.1. The molecule has 3 rings (SSSR count). The maximum Gasteiger partial charge on any atom is 0.341 e. The molecule has 9 heteroatoms. The molecule has 0 saturated carbocycles. The van der Waals surface area contributed by atoms with E-state index in [2.05, 4.69) is 0 Å². The van der Waals surface area contributed by atoms with Crippen molar-refractivity contribution in [3.63, 3.8) is 0 Å². The first-order chi connectivity index (χ1) is 17.9. The minimum Gasteiger partial charge on any atom is -0.493 e. The fraction of sp³-hybridized carbons (Fsp3) is 0.464. The highest BCUT2D eigenvalue weighted by atomic mass is 19.1. The zero-order chi connectivity index (χ0) is 26.9. The Morgan fingerprint density at radius 2 is 1.73 bits per heavy atom. The van der Waals surface area contributed by atoms with Gasteiger partial charge in [-0.05, 0) is 56.5 Å². The van der Waals surface area contributed by atoms with E-state index in [9.17, 15) is 9.59 Å². The van der Waals surface area contributed by atoms with Gasteiger partial charge in [-0.25, -0.2) is 9.18 Å². The number of rotatable bonds is 14. The molecular weight excluding hydrogens is 479 g/mol. The summed E-state index contributed by atoms with van der Waals surface area (Å²) in [6.45, 7) is 8.77. The molecule has 0 aliphatic carbocycles. The summed E-state index contributed by atoms with van der Waals surface area (Å²) in [6.07, 6.45) is 2.38. The maximum atomic E-state index is 15.3. The maximum absolute atomic E-state index is 15.3. The molecule has 1 aliphatic rings. The van der Waals surface area contributed by atoms with Crippen molar-refractivity contribution in [3.8, 4) is 17.2 Å². The molecule has 0 saturated heterocycles. The predicted octanol–water partition coefficient (Wildman–Crippen LogP) is 5.39. The highest BCUT2D eigenvalue weighted by Gasteiger charge is 2.33. The Hall–Kier alpha value is -3.62. The summed E-state index contributed by atoms with van der Waals surface area (Å²) in [7, 11) is 0. The fourth-order valence-corrected chi connectivity index (χ4v) is 4.01. The Morgan fingerprint density at radius 3 is 2.41 bits per heavy atom. The van der Waals surface area contributed by atoms with Gasteiger partial charge >= 0.3 is 5.97 Å². The first-order valence-corrected chi connectivity index (χ1v) is 12.8. The van der Waals surface area contributed by atoms with Crippen molar-refractivity contribution in [2.45, 2.75) is 53.5 Å². The SMILES string of the molecule is CCCCOC(=O)c1cc(C(=O)CN2Cc3cc(OCC)c(OCC)c(F)c3C2=N)ccc1OCCC. The Morgan fingerprint density at radius 1 is 0.973 bits per heavy atom. The van der Waals surface area contributed by atoms with Gasteiger partial charge in [0.25, 0.3) is 0 Å². The summed E-state index contributed by atoms with van der Waals surface area (Å²) in [4.78, 5) is 27.4. The molecule has 0 bridgehead atoms. The summed E-state index contributed by atoms with van der Waals surface area (Å²) in [5, 5.41) is 8.54. The number of carbonyl (C=O) groups is 2. The smallest absolute Gasteiger partial charge is 0.341 e. The molecule has 0 spiro atoms. The number of ketones is 1. The van der Waals surface area contributed by atoms with E-state index >= 15 is 4.39 Å². The van der Waals surface area contributed by atoms with Crippen LogP contribution in [0.15, 0.2) is 24.3 Å². The third-order valence-corrected chi connectivity index (χ3v) is 5.82. The molecule has 0 atom stereocenters. The highest BCUT2D eigenvalue weighted by Crippen LogP contribution is 2.39. The number of esters is 1. The third kappa shape index (κ3) is 6.39. The molecular formula is C28H35FN2O6. The van der Waals surface area contributed by atoms with E-state index in [0.29, 0.717) is 24.5 Å². The summed E-state index contributed by atoms with van der Waals surface area (Å²) in [6, 6.07) is 6.31. The lowest BCUT2D eigenvalue weighted by Crippen LogP contribution is -2.30. The first kappa shape index (κ1) is 28.0. The van der Waals surface area contributed by atoms with Crippen LogP contribution in [0, 0.1) is 11.2 Å². The van der Waals surface area contributed by atoms with Crippen LogP contribution in [-0.2, 0) is 11.3 Å². The molecule has 37 heavy (non-hydrogen) atoms. The van der Waals surface area contributed by atoms with Crippen LogP contribution in [-0.4, -0.2) is 55.5 Å². The molecule has 0 aromatic heterocycles. The van der Waals surface area contributed by atoms with Gasteiger partial charge < -0.3 is 23.8 Å². The average Bonchev–Trinajstić information content (AvgIpc) is 3.19. The molecule has 2 aromatic rings. The van der Waals surface area contributed by atoms with Crippen molar-refractivity contribution < 1.29 is 32.9 Å². The Kier molecular flexibility index (Phi) is 9.88. The van der Waals surface area contributed by atoms with Crippen molar-refractivity contribution in [2.24, 2.45) is 0 Å². The number of carbonyl (C=O) groups excluding carboxylic acids is 2. The molecule has 0 fully saturated rings. The molecule has 1 N–H and O–H groups in total. The second-order valence-electron chi connectivity index (χ2n) is 8.59. The zero-order valence-electron chi connectivity index (χ0n) is 21.9. The average molecular weight is 515 g/mol. The Labute approximate surface area is 217 Å². The van der Waals surface area contributed by atoms with Gasteiger partial charge in [0, 0.05) is 12.1 Å². The number of Topliss-reactive ketones (excluding diaryl/α,β-unsaturated/α-hetero) is 1. The van der Waals surface area contributed by atoms with E-state index < -0.39 is 11.8 Å². The number of hydrogen-bond donors (Lipinski definition) is 1. The van der Waals surface area contributed by atoms with Crippen LogP contribution in [0.4, 0.5) is 4.39 Å². The van der Waals surface area contributed by atoms with Gasteiger partial charge in [0.2, 0.25) is 0 Å².